The summed E-state index contributed by atoms with van der Waals surface area (Å²) in [6, 6.07) is 4.82. The normalized spacial score (nSPS) is 27.4. The van der Waals surface area contributed by atoms with Crippen molar-refractivity contribution in [2.24, 2.45) is 5.41 Å². The zero-order valence-electron chi connectivity index (χ0n) is 10.9. The Bertz CT molecular complexity index is 425. The molecule has 0 bridgehead atoms. The van der Waals surface area contributed by atoms with Crippen molar-refractivity contribution in [2.45, 2.75) is 52.1 Å². The molecule has 1 atom stereocenters. The Morgan fingerprint density at radius 2 is 2.00 bits per heavy atom. The molecule has 1 fully saturated rings. The Kier molecular flexibility index (Phi) is 3.03. The van der Waals surface area contributed by atoms with Gasteiger partial charge in [0, 0.05) is 6.42 Å². The number of aryl methyl sites for hydroxylation is 1. The van der Waals surface area contributed by atoms with Crippen LogP contribution in [0.4, 0.5) is 4.39 Å². The molecule has 0 amide bonds. The maximum absolute atomic E-state index is 13.3. The minimum Gasteiger partial charge on any atom is -0.389 e. The molecule has 2 rings (SSSR count). The Morgan fingerprint density at radius 3 is 2.59 bits per heavy atom. The highest BCUT2D eigenvalue weighted by Gasteiger charge is 2.47. The Morgan fingerprint density at radius 1 is 1.29 bits per heavy atom. The molecule has 1 aromatic rings. The molecule has 1 aromatic carbocycles. The smallest absolute Gasteiger partial charge is 0.123 e. The molecule has 1 saturated carbocycles. The predicted molar refractivity (Wildman–Crippen MR) is 67.4 cm³/mol. The average Bonchev–Trinajstić information content (AvgIpc) is 2.47. The monoisotopic (exact) mass is 236 g/mol. The molecule has 0 spiro atoms. The van der Waals surface area contributed by atoms with E-state index in [2.05, 4.69) is 13.8 Å². The SMILES string of the molecule is Cc1ccc(F)cc1CC1(O)CCCC1(C)C. The van der Waals surface area contributed by atoms with Crippen molar-refractivity contribution in [2.75, 3.05) is 0 Å². The van der Waals surface area contributed by atoms with E-state index in [1.54, 1.807) is 12.1 Å². The van der Waals surface area contributed by atoms with Crippen molar-refractivity contribution in [1.82, 2.24) is 0 Å². The van der Waals surface area contributed by atoms with Crippen LogP contribution >= 0.6 is 0 Å². The molecule has 1 unspecified atom stereocenters. The molecular weight excluding hydrogens is 215 g/mol. The van der Waals surface area contributed by atoms with Crippen LogP contribution in [0.25, 0.3) is 0 Å². The lowest BCUT2D eigenvalue weighted by molar-refractivity contribution is -0.0420. The van der Waals surface area contributed by atoms with Gasteiger partial charge in [-0.1, -0.05) is 19.9 Å². The van der Waals surface area contributed by atoms with Crippen LogP contribution in [0.1, 0.15) is 44.2 Å². The quantitative estimate of drug-likeness (QED) is 0.831. The van der Waals surface area contributed by atoms with E-state index in [-0.39, 0.29) is 11.2 Å². The van der Waals surface area contributed by atoms with Gasteiger partial charge in [0.2, 0.25) is 0 Å². The molecule has 1 aliphatic rings. The molecule has 94 valence electrons. The fraction of sp³-hybridized carbons (Fsp3) is 0.600. The molecule has 0 saturated heterocycles. The fourth-order valence-corrected chi connectivity index (χ4v) is 2.87. The number of benzene rings is 1. The molecule has 17 heavy (non-hydrogen) atoms. The van der Waals surface area contributed by atoms with Gasteiger partial charge < -0.3 is 5.11 Å². The van der Waals surface area contributed by atoms with Gasteiger partial charge in [0.1, 0.15) is 5.82 Å². The summed E-state index contributed by atoms with van der Waals surface area (Å²) in [4.78, 5) is 0. The third-order valence-corrected chi connectivity index (χ3v) is 4.45. The summed E-state index contributed by atoms with van der Waals surface area (Å²) >= 11 is 0. The van der Waals surface area contributed by atoms with E-state index in [4.69, 9.17) is 0 Å². The molecule has 0 aliphatic heterocycles. The zero-order valence-corrected chi connectivity index (χ0v) is 10.9. The third kappa shape index (κ3) is 2.23. The van der Waals surface area contributed by atoms with Crippen molar-refractivity contribution in [3.8, 4) is 0 Å². The standard InChI is InChI=1S/C15H21FO/c1-11-5-6-13(16)9-12(11)10-15(17)8-4-7-14(15,2)3/h5-6,9,17H,4,7-8,10H2,1-3H3. The van der Waals surface area contributed by atoms with Crippen molar-refractivity contribution in [3.05, 3.63) is 35.1 Å². The summed E-state index contributed by atoms with van der Waals surface area (Å²) in [5, 5.41) is 10.8. The van der Waals surface area contributed by atoms with Crippen molar-refractivity contribution in [3.63, 3.8) is 0 Å². The summed E-state index contributed by atoms with van der Waals surface area (Å²) in [7, 11) is 0. The van der Waals surface area contributed by atoms with E-state index in [9.17, 15) is 9.50 Å². The van der Waals surface area contributed by atoms with Crippen molar-refractivity contribution >= 4 is 0 Å². The van der Waals surface area contributed by atoms with Crippen LogP contribution in [0.5, 0.6) is 0 Å². The van der Waals surface area contributed by atoms with E-state index < -0.39 is 5.60 Å². The minimum absolute atomic E-state index is 0.0776. The zero-order chi connectivity index (χ0) is 12.7. The number of hydrogen-bond acceptors (Lipinski definition) is 1. The van der Waals surface area contributed by atoms with Crippen LogP contribution in [0.2, 0.25) is 0 Å². The highest BCUT2D eigenvalue weighted by molar-refractivity contribution is 5.29. The van der Waals surface area contributed by atoms with Crippen LogP contribution < -0.4 is 0 Å². The van der Waals surface area contributed by atoms with E-state index in [1.807, 2.05) is 6.92 Å². The van der Waals surface area contributed by atoms with Gasteiger partial charge in [-0.25, -0.2) is 4.39 Å². The topological polar surface area (TPSA) is 20.2 Å². The van der Waals surface area contributed by atoms with Gasteiger partial charge in [-0.2, -0.15) is 0 Å². The van der Waals surface area contributed by atoms with Crippen LogP contribution in [0.15, 0.2) is 18.2 Å². The van der Waals surface area contributed by atoms with E-state index in [1.165, 1.54) is 6.07 Å². The van der Waals surface area contributed by atoms with E-state index in [0.29, 0.717) is 6.42 Å². The van der Waals surface area contributed by atoms with Gasteiger partial charge in [-0.15, -0.1) is 0 Å². The van der Waals surface area contributed by atoms with Gasteiger partial charge in [-0.05, 0) is 54.9 Å². The van der Waals surface area contributed by atoms with Gasteiger partial charge in [-0.3, -0.25) is 0 Å². The highest BCUT2D eigenvalue weighted by Crippen LogP contribution is 2.47. The van der Waals surface area contributed by atoms with Crippen LogP contribution in [0, 0.1) is 18.2 Å². The maximum Gasteiger partial charge on any atom is 0.123 e. The predicted octanol–water partition coefficient (Wildman–Crippen LogP) is 3.62. The molecule has 2 heteroatoms. The summed E-state index contributed by atoms with van der Waals surface area (Å²) in [5.74, 6) is -0.218. The molecule has 1 aliphatic carbocycles. The van der Waals surface area contributed by atoms with Crippen molar-refractivity contribution in [1.29, 1.82) is 0 Å². The Labute approximate surface area is 103 Å². The number of hydrogen-bond donors (Lipinski definition) is 1. The Balaban J connectivity index is 2.29. The number of halogens is 1. The van der Waals surface area contributed by atoms with Gasteiger partial charge in [0.15, 0.2) is 0 Å². The first-order chi connectivity index (χ1) is 7.84. The lowest BCUT2D eigenvalue weighted by Gasteiger charge is -2.37. The van der Waals surface area contributed by atoms with Crippen molar-refractivity contribution < 1.29 is 9.50 Å². The largest absolute Gasteiger partial charge is 0.389 e. The average molecular weight is 236 g/mol. The van der Waals surface area contributed by atoms with E-state index >= 15 is 0 Å². The molecule has 1 nitrogen and oxygen atoms in total. The second-order valence-corrected chi connectivity index (χ2v) is 6.02. The summed E-state index contributed by atoms with van der Waals surface area (Å²) in [6.45, 7) is 6.18. The third-order valence-electron chi connectivity index (χ3n) is 4.45. The Hall–Kier alpha value is -0.890. The lowest BCUT2D eigenvalue weighted by atomic mass is 9.74. The van der Waals surface area contributed by atoms with Gasteiger partial charge in [0.25, 0.3) is 0 Å². The van der Waals surface area contributed by atoms with Gasteiger partial charge >= 0.3 is 0 Å². The first-order valence-electron chi connectivity index (χ1n) is 6.31. The first kappa shape index (κ1) is 12.6. The molecular formula is C15H21FO. The highest BCUT2D eigenvalue weighted by atomic mass is 19.1. The summed E-state index contributed by atoms with van der Waals surface area (Å²) in [6.07, 6.45) is 3.47. The second kappa shape index (κ2) is 4.09. The summed E-state index contributed by atoms with van der Waals surface area (Å²) in [5.41, 5.74) is 1.22. The second-order valence-electron chi connectivity index (χ2n) is 6.02. The molecule has 0 heterocycles. The fourth-order valence-electron chi connectivity index (χ4n) is 2.87. The number of rotatable bonds is 2. The maximum atomic E-state index is 13.3. The van der Waals surface area contributed by atoms with Crippen LogP contribution in [-0.4, -0.2) is 10.7 Å². The molecule has 0 aromatic heterocycles. The van der Waals surface area contributed by atoms with Gasteiger partial charge in [0.05, 0.1) is 5.60 Å². The van der Waals surface area contributed by atoms with E-state index in [0.717, 1.165) is 30.4 Å². The summed E-state index contributed by atoms with van der Waals surface area (Å²) < 4.78 is 13.3. The molecule has 0 radical (unpaired) electrons. The molecule has 1 N–H and O–H groups in total. The van der Waals surface area contributed by atoms with Crippen LogP contribution in [-0.2, 0) is 6.42 Å². The number of aliphatic hydroxyl groups is 1. The first-order valence-corrected chi connectivity index (χ1v) is 6.31. The van der Waals surface area contributed by atoms with Crippen LogP contribution in [0.3, 0.4) is 0 Å². The minimum atomic E-state index is -0.689. The lowest BCUT2D eigenvalue weighted by Crippen LogP contribution is -2.42.